The molecule has 0 N–H and O–H groups in total. The average molecular weight is 367 g/mol. The van der Waals surface area contributed by atoms with Crippen molar-refractivity contribution in [2.24, 2.45) is 0 Å². The first-order valence-electron chi connectivity index (χ1n) is 7.74. The number of amides is 1. The second kappa shape index (κ2) is 7.51. The van der Waals surface area contributed by atoms with E-state index in [1.165, 1.54) is 12.1 Å². The summed E-state index contributed by atoms with van der Waals surface area (Å²) in [4.78, 5) is 16.6. The Bertz CT molecular complexity index is 746. The molecule has 1 aliphatic rings. The molecular weight excluding hydrogens is 350 g/mol. The predicted octanol–water partition coefficient (Wildman–Crippen LogP) is 4.09. The van der Waals surface area contributed by atoms with Crippen LogP contribution in [0.25, 0.3) is 0 Å². The molecule has 24 heavy (non-hydrogen) atoms. The van der Waals surface area contributed by atoms with Crippen LogP contribution >= 0.6 is 23.2 Å². The molecule has 0 saturated carbocycles. The first kappa shape index (κ1) is 17.2. The monoisotopic (exact) mass is 366 g/mol. The lowest BCUT2D eigenvalue weighted by molar-refractivity contribution is 0.0628. The third-order valence-corrected chi connectivity index (χ3v) is 4.85. The van der Waals surface area contributed by atoms with Gasteiger partial charge in [0.1, 0.15) is 5.82 Å². The smallest absolute Gasteiger partial charge is 0.255 e. The number of benzene rings is 2. The molecule has 0 radical (unpaired) electrons. The van der Waals surface area contributed by atoms with Crippen molar-refractivity contribution >= 4 is 29.1 Å². The fraction of sp³-hybridized carbons (Fsp3) is 0.278. The van der Waals surface area contributed by atoms with E-state index >= 15 is 0 Å². The summed E-state index contributed by atoms with van der Waals surface area (Å²) in [6, 6.07) is 11.5. The van der Waals surface area contributed by atoms with E-state index in [4.69, 9.17) is 23.2 Å². The van der Waals surface area contributed by atoms with Crippen molar-refractivity contribution in [3.63, 3.8) is 0 Å². The van der Waals surface area contributed by atoms with Crippen LogP contribution in [0.5, 0.6) is 0 Å². The minimum absolute atomic E-state index is 0.0416. The normalized spacial score (nSPS) is 15.5. The fourth-order valence-electron chi connectivity index (χ4n) is 2.80. The Morgan fingerprint density at radius 3 is 2.38 bits per heavy atom. The molecule has 0 unspecified atom stereocenters. The number of carbonyl (C=O) groups is 1. The van der Waals surface area contributed by atoms with Crippen molar-refractivity contribution in [3.05, 3.63) is 69.5 Å². The molecule has 3 rings (SSSR count). The first-order valence-corrected chi connectivity index (χ1v) is 8.50. The van der Waals surface area contributed by atoms with Gasteiger partial charge >= 0.3 is 0 Å². The number of piperazine rings is 1. The lowest BCUT2D eigenvalue weighted by atomic mass is 10.1. The minimum Gasteiger partial charge on any atom is -0.336 e. The molecule has 1 saturated heterocycles. The van der Waals surface area contributed by atoms with Gasteiger partial charge in [0.15, 0.2) is 0 Å². The van der Waals surface area contributed by atoms with Gasteiger partial charge in [-0.3, -0.25) is 9.69 Å². The highest BCUT2D eigenvalue weighted by Gasteiger charge is 2.23. The first-order chi connectivity index (χ1) is 11.5. The van der Waals surface area contributed by atoms with E-state index in [0.29, 0.717) is 35.2 Å². The highest BCUT2D eigenvalue weighted by Crippen LogP contribution is 2.21. The van der Waals surface area contributed by atoms with Gasteiger partial charge in [0, 0.05) is 37.7 Å². The molecule has 2 aromatic carbocycles. The number of hydrogen-bond acceptors (Lipinski definition) is 2. The molecule has 1 aliphatic heterocycles. The van der Waals surface area contributed by atoms with E-state index < -0.39 is 0 Å². The maximum absolute atomic E-state index is 13.1. The van der Waals surface area contributed by atoms with Gasteiger partial charge in [0.25, 0.3) is 5.91 Å². The topological polar surface area (TPSA) is 23.6 Å². The number of nitrogens with zero attached hydrogens (tertiary/aromatic N) is 2. The quantitative estimate of drug-likeness (QED) is 0.816. The molecule has 1 amide bonds. The van der Waals surface area contributed by atoms with Gasteiger partial charge in [-0.2, -0.15) is 0 Å². The van der Waals surface area contributed by atoms with Crippen molar-refractivity contribution < 1.29 is 9.18 Å². The standard InChI is InChI=1S/C18H17Cl2FN2O/c19-16-4-2-1-3-15(16)18(24)23-9-7-22(8-10-23)12-13-5-6-14(21)11-17(13)20/h1-6,11H,7-10,12H2. The lowest BCUT2D eigenvalue weighted by Crippen LogP contribution is -2.48. The third kappa shape index (κ3) is 3.89. The van der Waals surface area contributed by atoms with Crippen LogP contribution in [0, 0.1) is 5.82 Å². The Balaban J connectivity index is 1.60. The van der Waals surface area contributed by atoms with E-state index in [0.717, 1.165) is 18.7 Å². The van der Waals surface area contributed by atoms with Gasteiger partial charge in [-0.1, -0.05) is 41.4 Å². The lowest BCUT2D eigenvalue weighted by Gasteiger charge is -2.35. The maximum Gasteiger partial charge on any atom is 0.255 e. The van der Waals surface area contributed by atoms with Crippen molar-refractivity contribution in [2.75, 3.05) is 26.2 Å². The van der Waals surface area contributed by atoms with E-state index in [9.17, 15) is 9.18 Å². The predicted molar refractivity (Wildman–Crippen MR) is 94.0 cm³/mol. The Kier molecular flexibility index (Phi) is 5.39. The van der Waals surface area contributed by atoms with Crippen LogP contribution in [-0.2, 0) is 6.54 Å². The summed E-state index contributed by atoms with van der Waals surface area (Å²) in [6.07, 6.45) is 0. The molecule has 126 valence electrons. The summed E-state index contributed by atoms with van der Waals surface area (Å²) in [5, 5.41) is 0.910. The highest BCUT2D eigenvalue weighted by molar-refractivity contribution is 6.33. The second-order valence-electron chi connectivity index (χ2n) is 5.78. The van der Waals surface area contributed by atoms with E-state index in [1.54, 1.807) is 18.2 Å². The van der Waals surface area contributed by atoms with E-state index in [-0.39, 0.29) is 11.7 Å². The molecule has 0 spiro atoms. The summed E-state index contributed by atoms with van der Waals surface area (Å²) >= 11 is 12.2. The average Bonchev–Trinajstić information content (AvgIpc) is 2.58. The second-order valence-corrected chi connectivity index (χ2v) is 6.60. The molecule has 1 heterocycles. The summed E-state index contributed by atoms with van der Waals surface area (Å²) in [5.74, 6) is -0.376. The Hall–Kier alpha value is -1.62. The van der Waals surface area contributed by atoms with Crippen molar-refractivity contribution in [3.8, 4) is 0 Å². The van der Waals surface area contributed by atoms with Crippen LogP contribution < -0.4 is 0 Å². The molecule has 0 atom stereocenters. The van der Waals surface area contributed by atoms with Crippen molar-refractivity contribution in [1.29, 1.82) is 0 Å². The Morgan fingerprint density at radius 2 is 1.71 bits per heavy atom. The van der Waals surface area contributed by atoms with Crippen LogP contribution in [0.3, 0.4) is 0 Å². The number of carbonyl (C=O) groups excluding carboxylic acids is 1. The van der Waals surface area contributed by atoms with Gasteiger partial charge in [-0.15, -0.1) is 0 Å². The van der Waals surface area contributed by atoms with Crippen LogP contribution in [0.15, 0.2) is 42.5 Å². The highest BCUT2D eigenvalue weighted by atomic mass is 35.5. The summed E-state index contributed by atoms with van der Waals surface area (Å²) in [6.45, 7) is 3.38. The Labute approximate surface area is 150 Å². The molecule has 1 fully saturated rings. The fourth-order valence-corrected chi connectivity index (χ4v) is 3.25. The number of hydrogen-bond donors (Lipinski definition) is 0. The molecule has 3 nitrogen and oxygen atoms in total. The van der Waals surface area contributed by atoms with Gasteiger partial charge < -0.3 is 4.90 Å². The van der Waals surface area contributed by atoms with Crippen LogP contribution in [0.2, 0.25) is 10.0 Å². The molecule has 0 bridgehead atoms. The van der Waals surface area contributed by atoms with Gasteiger partial charge in [-0.25, -0.2) is 4.39 Å². The SMILES string of the molecule is O=C(c1ccccc1Cl)N1CCN(Cc2ccc(F)cc2Cl)CC1. The van der Waals surface area contributed by atoms with Crippen molar-refractivity contribution in [1.82, 2.24) is 9.80 Å². The zero-order chi connectivity index (χ0) is 17.1. The van der Waals surface area contributed by atoms with Crippen molar-refractivity contribution in [2.45, 2.75) is 6.54 Å². The summed E-state index contributed by atoms with van der Waals surface area (Å²) in [5.41, 5.74) is 1.43. The van der Waals surface area contributed by atoms with Gasteiger partial charge in [-0.05, 0) is 29.8 Å². The van der Waals surface area contributed by atoms with E-state index in [2.05, 4.69) is 4.90 Å². The summed E-state index contributed by atoms with van der Waals surface area (Å²) < 4.78 is 13.1. The summed E-state index contributed by atoms with van der Waals surface area (Å²) in [7, 11) is 0. The van der Waals surface area contributed by atoms with Gasteiger partial charge in [0.05, 0.1) is 10.6 Å². The molecule has 0 aliphatic carbocycles. The van der Waals surface area contributed by atoms with Crippen LogP contribution in [0.1, 0.15) is 15.9 Å². The zero-order valence-electron chi connectivity index (χ0n) is 13.0. The number of rotatable bonds is 3. The Morgan fingerprint density at radius 1 is 1.00 bits per heavy atom. The largest absolute Gasteiger partial charge is 0.336 e. The maximum atomic E-state index is 13.1. The third-order valence-electron chi connectivity index (χ3n) is 4.17. The zero-order valence-corrected chi connectivity index (χ0v) is 14.5. The van der Waals surface area contributed by atoms with E-state index in [1.807, 2.05) is 17.0 Å². The molecule has 6 heteroatoms. The molecular formula is C18H17Cl2FN2O. The molecule has 2 aromatic rings. The van der Waals surface area contributed by atoms with Crippen LogP contribution in [0.4, 0.5) is 4.39 Å². The van der Waals surface area contributed by atoms with Crippen LogP contribution in [-0.4, -0.2) is 41.9 Å². The minimum atomic E-state index is -0.334. The number of halogens is 3. The van der Waals surface area contributed by atoms with Gasteiger partial charge in [0.2, 0.25) is 0 Å². The molecule has 0 aromatic heterocycles.